The van der Waals surface area contributed by atoms with E-state index < -0.39 is 23.0 Å². The van der Waals surface area contributed by atoms with Crippen LogP contribution in [0.25, 0.3) is 5.52 Å². The van der Waals surface area contributed by atoms with E-state index in [-0.39, 0.29) is 6.54 Å². The summed E-state index contributed by atoms with van der Waals surface area (Å²) in [6.07, 6.45) is 6.92. The lowest BCUT2D eigenvalue weighted by atomic mass is 9.71. The quantitative estimate of drug-likeness (QED) is 0.157. The molecule has 1 aliphatic rings. The van der Waals surface area contributed by atoms with Gasteiger partial charge in [0.15, 0.2) is 5.82 Å². The molecule has 2 aromatic carbocycles. The second kappa shape index (κ2) is 13.2. The molecule has 3 heterocycles. The summed E-state index contributed by atoms with van der Waals surface area (Å²) < 4.78 is 18.3. The Hall–Kier alpha value is -4.58. The van der Waals surface area contributed by atoms with Crippen molar-refractivity contribution in [3.05, 3.63) is 94.6 Å². The molecule has 0 unspecified atom stereocenters. The van der Waals surface area contributed by atoms with Crippen LogP contribution in [0.3, 0.4) is 0 Å². The molecule has 0 aliphatic carbocycles. The summed E-state index contributed by atoms with van der Waals surface area (Å²) in [6.45, 7) is 2.61. The Kier molecular flexibility index (Phi) is 9.33. The Morgan fingerprint density at radius 3 is 2.58 bits per heavy atom. The first kappa shape index (κ1) is 31.8. The molecule has 2 atom stereocenters. The topological polar surface area (TPSA) is 128 Å². The number of nitrogens with one attached hydrogen (secondary N) is 1. The first-order valence-electron chi connectivity index (χ1n) is 14.4. The maximum Gasteiger partial charge on any atom is 0.408 e. The molecule has 12 heteroatoms. The number of halogens is 1. The first-order chi connectivity index (χ1) is 21.6. The van der Waals surface area contributed by atoms with Gasteiger partial charge in [-0.1, -0.05) is 43.3 Å². The number of amides is 1. The number of fused-ring (bicyclic) bond motifs is 1. The molecule has 1 fully saturated rings. The number of hydrogen-bond donors (Lipinski definition) is 2. The number of imidazole rings is 1. The van der Waals surface area contributed by atoms with Crippen LogP contribution in [-0.2, 0) is 27.9 Å². The molecule has 1 amide bonds. The molecule has 45 heavy (non-hydrogen) atoms. The molecule has 0 bridgehead atoms. The third kappa shape index (κ3) is 6.46. The highest BCUT2D eigenvalue weighted by molar-refractivity contribution is 9.10. The zero-order valence-electron chi connectivity index (χ0n) is 25.6. The summed E-state index contributed by atoms with van der Waals surface area (Å²) in [6, 6.07) is 15.3. The molecule has 236 valence electrons. The van der Waals surface area contributed by atoms with Gasteiger partial charge >= 0.3 is 12.1 Å². The van der Waals surface area contributed by atoms with Crippen LogP contribution in [0, 0.1) is 0 Å². The van der Waals surface area contributed by atoms with E-state index in [1.807, 2.05) is 66.1 Å². The lowest BCUT2D eigenvalue weighted by molar-refractivity contribution is -0.134. The highest BCUT2D eigenvalue weighted by atomic mass is 79.9. The van der Waals surface area contributed by atoms with E-state index >= 15 is 0 Å². The van der Waals surface area contributed by atoms with E-state index in [9.17, 15) is 14.7 Å². The summed E-state index contributed by atoms with van der Waals surface area (Å²) in [7, 11) is 4.52. The predicted octanol–water partition coefficient (Wildman–Crippen LogP) is 5.86. The second-order valence-electron chi connectivity index (χ2n) is 11.3. The van der Waals surface area contributed by atoms with E-state index in [0.29, 0.717) is 53.6 Å². The zero-order chi connectivity index (χ0) is 32.2. The van der Waals surface area contributed by atoms with Gasteiger partial charge in [0.1, 0.15) is 27.4 Å². The van der Waals surface area contributed by atoms with Crippen LogP contribution in [0.15, 0.2) is 77.7 Å². The summed E-state index contributed by atoms with van der Waals surface area (Å²) in [5.41, 5.74) is 0.992. The summed E-state index contributed by atoms with van der Waals surface area (Å²) in [4.78, 5) is 36.0. The number of aromatic nitrogens is 3. The van der Waals surface area contributed by atoms with Crippen molar-refractivity contribution < 1.29 is 28.9 Å². The number of nitrogens with zero attached hydrogens (tertiary/aromatic N) is 4. The third-order valence-electron chi connectivity index (χ3n) is 8.46. The predicted molar refractivity (Wildman–Crippen MR) is 173 cm³/mol. The number of piperidine rings is 1. The Morgan fingerprint density at radius 2 is 1.89 bits per heavy atom. The molecule has 0 radical (unpaired) electrons. The van der Waals surface area contributed by atoms with Crippen LogP contribution >= 0.6 is 15.9 Å². The van der Waals surface area contributed by atoms with Gasteiger partial charge in [0.25, 0.3) is 0 Å². The van der Waals surface area contributed by atoms with Gasteiger partial charge in [-0.2, -0.15) is 0 Å². The monoisotopic (exact) mass is 677 g/mol. The standard InChI is InChI=1S/C33H36BrN5O6/c1-32(14-15-33(13-12-26(40)45-4,39(21-32)31(41)42)19-22-8-6-5-7-9-22)30-37-28(34)27-29(35-16-17-38(27)30)36-20-23-10-11-24(43-2)18-25(23)44-3/h5-13,16-18H,14-15,19-21H2,1-4H3,(H,35,36)(H,41,42)/t32-,33+/m1/s1. The lowest BCUT2D eigenvalue weighted by Crippen LogP contribution is -2.60. The molecule has 1 saturated heterocycles. The first-order valence-corrected chi connectivity index (χ1v) is 15.2. The third-order valence-corrected chi connectivity index (χ3v) is 9.01. The minimum absolute atomic E-state index is 0.153. The Bertz CT molecular complexity index is 1730. The summed E-state index contributed by atoms with van der Waals surface area (Å²) in [5.74, 6) is 2.15. The number of methoxy groups -OCH3 is 3. The normalized spacial score (nSPS) is 19.9. The van der Waals surface area contributed by atoms with Crippen LogP contribution in [-0.4, -0.2) is 69.9 Å². The van der Waals surface area contributed by atoms with Gasteiger partial charge in [-0.3, -0.25) is 9.30 Å². The molecule has 11 nitrogen and oxygen atoms in total. The highest BCUT2D eigenvalue weighted by Gasteiger charge is 2.49. The van der Waals surface area contributed by atoms with Gasteiger partial charge in [-0.15, -0.1) is 0 Å². The summed E-state index contributed by atoms with van der Waals surface area (Å²) >= 11 is 3.65. The molecule has 0 spiro atoms. The number of esters is 1. The molecule has 1 aliphatic heterocycles. The SMILES string of the molecule is COC(=O)C=C[C@@]1(Cc2ccccc2)CC[C@@](C)(c2nc(Br)c3c(NCc4ccc(OC)cc4OC)nccn23)CN1C(=O)O. The van der Waals surface area contributed by atoms with Crippen LogP contribution in [0.5, 0.6) is 11.5 Å². The Morgan fingerprint density at radius 1 is 1.11 bits per heavy atom. The minimum Gasteiger partial charge on any atom is -0.497 e. The van der Waals surface area contributed by atoms with Gasteiger partial charge in [0.2, 0.25) is 0 Å². The van der Waals surface area contributed by atoms with Crippen LogP contribution < -0.4 is 14.8 Å². The number of carbonyl (C=O) groups excluding carboxylic acids is 1. The molecular formula is C33H36BrN5O6. The van der Waals surface area contributed by atoms with Gasteiger partial charge in [0.05, 0.1) is 26.9 Å². The van der Waals surface area contributed by atoms with Crippen LogP contribution in [0.1, 0.15) is 36.7 Å². The van der Waals surface area contributed by atoms with Crippen molar-refractivity contribution in [1.82, 2.24) is 19.3 Å². The van der Waals surface area contributed by atoms with E-state index in [2.05, 4.69) is 26.2 Å². The average molecular weight is 679 g/mol. The van der Waals surface area contributed by atoms with Crippen LogP contribution in [0.2, 0.25) is 0 Å². The fraction of sp³-hybridized carbons (Fsp3) is 0.333. The van der Waals surface area contributed by atoms with E-state index in [0.717, 1.165) is 16.6 Å². The smallest absolute Gasteiger partial charge is 0.408 e. The highest BCUT2D eigenvalue weighted by Crippen LogP contribution is 2.44. The maximum absolute atomic E-state index is 12.9. The number of benzene rings is 2. The average Bonchev–Trinajstić information content (AvgIpc) is 3.41. The molecule has 4 aromatic rings. The number of carbonyl (C=O) groups is 2. The molecule has 0 saturated carbocycles. The fourth-order valence-corrected chi connectivity index (χ4v) is 6.59. The molecule has 5 rings (SSSR count). The van der Waals surface area contributed by atoms with Crippen molar-refractivity contribution in [3.8, 4) is 11.5 Å². The maximum atomic E-state index is 12.9. The van der Waals surface area contributed by atoms with Crippen molar-refractivity contribution in [2.45, 2.75) is 43.7 Å². The molecular weight excluding hydrogens is 642 g/mol. The van der Waals surface area contributed by atoms with Gasteiger partial charge in [0, 0.05) is 48.6 Å². The molecule has 2 N–H and O–H groups in total. The summed E-state index contributed by atoms with van der Waals surface area (Å²) in [5, 5.41) is 14.0. The van der Waals surface area contributed by atoms with Crippen molar-refractivity contribution in [1.29, 1.82) is 0 Å². The number of carboxylic acid groups (broad SMARTS) is 1. The van der Waals surface area contributed by atoms with Crippen molar-refractivity contribution in [2.24, 2.45) is 0 Å². The van der Waals surface area contributed by atoms with E-state index in [1.165, 1.54) is 18.1 Å². The number of anilines is 1. The largest absolute Gasteiger partial charge is 0.497 e. The van der Waals surface area contributed by atoms with Crippen molar-refractivity contribution >= 4 is 39.3 Å². The fourth-order valence-electron chi connectivity index (χ4n) is 6.04. The van der Waals surface area contributed by atoms with Crippen molar-refractivity contribution in [3.63, 3.8) is 0 Å². The van der Waals surface area contributed by atoms with Gasteiger partial charge < -0.3 is 24.6 Å². The lowest BCUT2D eigenvalue weighted by Gasteiger charge is -2.50. The number of hydrogen-bond acceptors (Lipinski definition) is 8. The number of rotatable bonds is 10. The zero-order valence-corrected chi connectivity index (χ0v) is 27.2. The van der Waals surface area contributed by atoms with E-state index in [4.69, 9.17) is 19.2 Å². The number of ether oxygens (including phenoxy) is 3. The second-order valence-corrected chi connectivity index (χ2v) is 12.1. The Balaban J connectivity index is 1.49. The van der Waals surface area contributed by atoms with Crippen LogP contribution in [0.4, 0.5) is 10.6 Å². The van der Waals surface area contributed by atoms with E-state index in [1.54, 1.807) is 26.5 Å². The van der Waals surface area contributed by atoms with Gasteiger partial charge in [-0.05, 0) is 52.9 Å². The molecule has 2 aromatic heterocycles. The van der Waals surface area contributed by atoms with Gasteiger partial charge in [-0.25, -0.2) is 19.6 Å². The Labute approximate surface area is 270 Å². The minimum atomic E-state index is -1.08. The number of likely N-dealkylation sites (tertiary alicyclic amines) is 1. The van der Waals surface area contributed by atoms with Crippen molar-refractivity contribution in [2.75, 3.05) is 33.2 Å².